The van der Waals surface area contributed by atoms with Gasteiger partial charge in [-0.2, -0.15) is 0 Å². The second-order valence-electron chi connectivity index (χ2n) is 7.48. The fraction of sp³-hybridized carbons (Fsp3) is 0. The van der Waals surface area contributed by atoms with Crippen molar-refractivity contribution in [3.63, 3.8) is 0 Å². The Balaban J connectivity index is 1.35. The summed E-state index contributed by atoms with van der Waals surface area (Å²) in [7, 11) is 0. The zero-order valence-electron chi connectivity index (χ0n) is 17.7. The first kappa shape index (κ1) is 21.5. The molecule has 5 aromatic rings. The lowest BCUT2D eigenvalue weighted by Crippen LogP contribution is -2.09. The molecule has 0 aliphatic carbocycles. The van der Waals surface area contributed by atoms with E-state index in [9.17, 15) is 9.59 Å². The van der Waals surface area contributed by atoms with E-state index in [0.717, 1.165) is 11.1 Å². The van der Waals surface area contributed by atoms with Crippen molar-refractivity contribution in [2.24, 2.45) is 0 Å². The van der Waals surface area contributed by atoms with Crippen LogP contribution in [-0.4, -0.2) is 5.97 Å². The lowest BCUT2D eigenvalue weighted by molar-refractivity contribution is 0.0735. The first-order valence-electron chi connectivity index (χ1n) is 10.4. The summed E-state index contributed by atoms with van der Waals surface area (Å²) in [6.07, 6.45) is 1.25. The number of rotatable bonds is 5. The van der Waals surface area contributed by atoms with E-state index in [1.165, 1.54) is 30.5 Å². The monoisotopic (exact) mass is 468 g/mol. The number of fused-ring (bicyclic) bond motifs is 1. The van der Waals surface area contributed by atoms with Crippen molar-refractivity contribution >= 4 is 28.5 Å². The minimum absolute atomic E-state index is 0.0589. The molecule has 0 aliphatic heterocycles. The first-order chi connectivity index (χ1) is 16.6. The first-order valence-corrected chi connectivity index (χ1v) is 10.8. The lowest BCUT2D eigenvalue weighted by Gasteiger charge is -2.08. The van der Waals surface area contributed by atoms with Crippen LogP contribution in [0.15, 0.2) is 113 Å². The number of carbonyl (C=O) groups excluding carboxylic acids is 1. The molecule has 34 heavy (non-hydrogen) atoms. The highest BCUT2D eigenvalue weighted by Crippen LogP contribution is 2.27. The van der Waals surface area contributed by atoms with Gasteiger partial charge in [0.05, 0.1) is 10.9 Å². The van der Waals surface area contributed by atoms with E-state index >= 15 is 0 Å². The van der Waals surface area contributed by atoms with Crippen LogP contribution in [0.1, 0.15) is 10.4 Å². The SMILES string of the molecule is O=C(Oc1ccc2c(=O)c(Oc3ccc(-c4ccccc4)cc3)coc2c1)c1cccc(Cl)c1. The fourth-order valence-electron chi connectivity index (χ4n) is 3.48. The number of ether oxygens (including phenoxy) is 2. The molecule has 0 spiro atoms. The highest BCUT2D eigenvalue weighted by molar-refractivity contribution is 6.30. The van der Waals surface area contributed by atoms with Crippen molar-refractivity contribution in [1.29, 1.82) is 0 Å². The molecular formula is C28H17ClO5. The van der Waals surface area contributed by atoms with Crippen LogP contribution >= 0.6 is 11.6 Å². The van der Waals surface area contributed by atoms with Crippen LogP contribution in [0.3, 0.4) is 0 Å². The maximum absolute atomic E-state index is 12.9. The Morgan fingerprint density at radius 3 is 2.26 bits per heavy atom. The predicted octanol–water partition coefficient (Wildman–Crippen LogP) is 7.12. The molecule has 0 atom stereocenters. The van der Waals surface area contributed by atoms with Crippen LogP contribution in [0.4, 0.5) is 0 Å². The molecule has 0 radical (unpaired) electrons. The van der Waals surface area contributed by atoms with Crippen molar-refractivity contribution in [3.8, 4) is 28.4 Å². The van der Waals surface area contributed by atoms with Gasteiger partial charge >= 0.3 is 5.97 Å². The molecule has 0 saturated heterocycles. The van der Waals surface area contributed by atoms with Gasteiger partial charge in [0.25, 0.3) is 0 Å². The molecule has 6 heteroatoms. The van der Waals surface area contributed by atoms with E-state index in [1.54, 1.807) is 30.3 Å². The topological polar surface area (TPSA) is 65.7 Å². The van der Waals surface area contributed by atoms with Crippen LogP contribution in [0.5, 0.6) is 17.2 Å². The molecule has 5 rings (SSSR count). The summed E-state index contributed by atoms with van der Waals surface area (Å²) < 4.78 is 16.8. The summed E-state index contributed by atoms with van der Waals surface area (Å²) in [5, 5.41) is 0.738. The quantitative estimate of drug-likeness (QED) is 0.203. The van der Waals surface area contributed by atoms with Gasteiger partial charge in [-0.25, -0.2) is 4.79 Å². The summed E-state index contributed by atoms with van der Waals surface area (Å²) in [5.41, 5.74) is 2.38. The number of carbonyl (C=O) groups is 1. The molecule has 1 heterocycles. The number of hydrogen-bond donors (Lipinski definition) is 0. The zero-order chi connectivity index (χ0) is 23.5. The van der Waals surface area contributed by atoms with Gasteiger partial charge < -0.3 is 13.9 Å². The Morgan fingerprint density at radius 1 is 0.765 bits per heavy atom. The number of halogens is 1. The van der Waals surface area contributed by atoms with Crippen LogP contribution in [-0.2, 0) is 0 Å². The van der Waals surface area contributed by atoms with Gasteiger partial charge in [0.1, 0.15) is 23.3 Å². The Kier molecular flexibility index (Phi) is 5.85. The lowest BCUT2D eigenvalue weighted by atomic mass is 10.1. The minimum atomic E-state index is -0.567. The van der Waals surface area contributed by atoms with E-state index in [-0.39, 0.29) is 22.5 Å². The number of benzene rings is 4. The van der Waals surface area contributed by atoms with E-state index < -0.39 is 5.97 Å². The van der Waals surface area contributed by atoms with Crippen LogP contribution < -0.4 is 14.9 Å². The summed E-state index contributed by atoms with van der Waals surface area (Å²) in [6.45, 7) is 0. The maximum Gasteiger partial charge on any atom is 0.343 e. The second-order valence-corrected chi connectivity index (χ2v) is 7.92. The molecule has 4 aromatic carbocycles. The third-order valence-corrected chi connectivity index (χ3v) is 5.41. The van der Waals surface area contributed by atoms with Crippen molar-refractivity contribution in [2.45, 2.75) is 0 Å². The van der Waals surface area contributed by atoms with Crippen LogP contribution in [0.2, 0.25) is 5.02 Å². The van der Waals surface area contributed by atoms with E-state index in [4.69, 9.17) is 25.5 Å². The molecular weight excluding hydrogens is 452 g/mol. The molecule has 0 fully saturated rings. The highest BCUT2D eigenvalue weighted by Gasteiger charge is 2.13. The summed E-state index contributed by atoms with van der Waals surface area (Å²) in [5.74, 6) is 0.246. The maximum atomic E-state index is 12.9. The molecule has 0 amide bonds. The van der Waals surface area contributed by atoms with Crippen molar-refractivity contribution in [1.82, 2.24) is 0 Å². The van der Waals surface area contributed by atoms with E-state index in [0.29, 0.717) is 21.7 Å². The number of hydrogen-bond acceptors (Lipinski definition) is 5. The molecule has 0 bridgehead atoms. The van der Waals surface area contributed by atoms with Crippen molar-refractivity contribution in [3.05, 3.63) is 124 Å². The van der Waals surface area contributed by atoms with Crippen molar-refractivity contribution < 1.29 is 18.7 Å². The van der Waals surface area contributed by atoms with Crippen LogP contribution in [0, 0.1) is 0 Å². The Hall–Kier alpha value is -4.35. The minimum Gasteiger partial charge on any atom is -0.460 e. The smallest absolute Gasteiger partial charge is 0.343 e. The van der Waals surface area contributed by atoms with Gasteiger partial charge in [-0.05, 0) is 53.6 Å². The third-order valence-electron chi connectivity index (χ3n) is 5.17. The van der Waals surface area contributed by atoms with Gasteiger partial charge in [-0.1, -0.05) is 60.1 Å². The normalized spacial score (nSPS) is 10.7. The van der Waals surface area contributed by atoms with Crippen LogP contribution in [0.25, 0.3) is 22.1 Å². The highest BCUT2D eigenvalue weighted by atomic mass is 35.5. The average molecular weight is 469 g/mol. The molecule has 166 valence electrons. The summed E-state index contributed by atoms with van der Waals surface area (Å²) in [6, 6.07) is 28.4. The molecule has 0 unspecified atom stereocenters. The van der Waals surface area contributed by atoms with Crippen molar-refractivity contribution in [2.75, 3.05) is 0 Å². The molecule has 0 N–H and O–H groups in total. The number of esters is 1. The largest absolute Gasteiger partial charge is 0.460 e. The fourth-order valence-corrected chi connectivity index (χ4v) is 3.67. The van der Waals surface area contributed by atoms with E-state index in [1.807, 2.05) is 42.5 Å². The third kappa shape index (κ3) is 4.56. The molecule has 0 aliphatic rings. The predicted molar refractivity (Wildman–Crippen MR) is 131 cm³/mol. The molecule has 1 aromatic heterocycles. The summed E-state index contributed by atoms with van der Waals surface area (Å²) in [4.78, 5) is 25.3. The molecule has 5 nitrogen and oxygen atoms in total. The zero-order valence-corrected chi connectivity index (χ0v) is 18.5. The van der Waals surface area contributed by atoms with Gasteiger partial charge in [-0.15, -0.1) is 0 Å². The van der Waals surface area contributed by atoms with Gasteiger partial charge in [0.2, 0.25) is 11.2 Å². The average Bonchev–Trinajstić information content (AvgIpc) is 2.87. The second kappa shape index (κ2) is 9.25. The Labute approximate surface area is 199 Å². The van der Waals surface area contributed by atoms with Gasteiger partial charge in [0.15, 0.2) is 0 Å². The Morgan fingerprint density at radius 2 is 1.50 bits per heavy atom. The summed E-state index contributed by atoms with van der Waals surface area (Å²) >= 11 is 5.93. The molecule has 0 saturated carbocycles. The standard InChI is InChI=1S/C28H17ClO5/c29-21-8-4-7-20(15-21)28(31)34-23-13-14-24-25(16-23)32-17-26(27(24)30)33-22-11-9-19(10-12-22)18-5-2-1-3-6-18/h1-17H. The van der Waals surface area contributed by atoms with E-state index in [2.05, 4.69) is 0 Å². The Bertz CT molecular complexity index is 1540. The van der Waals surface area contributed by atoms with Gasteiger partial charge in [0, 0.05) is 11.1 Å². The van der Waals surface area contributed by atoms with Gasteiger partial charge in [-0.3, -0.25) is 4.79 Å².